The minimum atomic E-state index is -0.612. The molecule has 0 aromatic carbocycles. The van der Waals surface area contributed by atoms with Gasteiger partial charge in [-0.2, -0.15) is 0 Å². The van der Waals surface area contributed by atoms with Gasteiger partial charge >= 0.3 is 5.97 Å². The summed E-state index contributed by atoms with van der Waals surface area (Å²) in [5.74, 6) is -0.0899. The van der Waals surface area contributed by atoms with Gasteiger partial charge in [-0.3, -0.25) is 9.69 Å². The fraction of sp³-hybridized carbons (Fsp3) is 0.933. The fourth-order valence-corrected chi connectivity index (χ4v) is 3.79. The Kier molecular flexibility index (Phi) is 5.22. The quantitative estimate of drug-likeness (QED) is 0.851. The summed E-state index contributed by atoms with van der Waals surface area (Å²) in [4.78, 5) is 13.9. The molecule has 0 radical (unpaired) electrons. The van der Waals surface area contributed by atoms with E-state index in [0.717, 1.165) is 39.0 Å². The summed E-state index contributed by atoms with van der Waals surface area (Å²) in [5, 5.41) is 9.48. The molecule has 2 fully saturated rings. The number of carboxylic acids is 1. The Hall–Kier alpha value is -0.610. The molecule has 2 rings (SSSR count). The Labute approximate surface area is 116 Å². The minimum absolute atomic E-state index is 0.186. The third-order valence-electron chi connectivity index (χ3n) is 4.78. The standard InChI is InChI=1S/C15H27NO3/c1-3-4-12-5-6-13(15(17)18)14(9-12)16-7-8-19-10-11(16)2/h11-14H,3-10H2,1-2H3,(H,17,18). The lowest BCUT2D eigenvalue weighted by atomic mass is 9.75. The van der Waals surface area contributed by atoms with Crippen molar-refractivity contribution in [2.24, 2.45) is 11.8 Å². The summed E-state index contributed by atoms with van der Waals surface area (Å²) >= 11 is 0. The predicted molar refractivity (Wildman–Crippen MR) is 74.1 cm³/mol. The van der Waals surface area contributed by atoms with Crippen molar-refractivity contribution in [2.75, 3.05) is 19.8 Å². The fourth-order valence-electron chi connectivity index (χ4n) is 3.79. The van der Waals surface area contributed by atoms with Crippen LogP contribution in [-0.4, -0.2) is 47.8 Å². The van der Waals surface area contributed by atoms with Crippen molar-refractivity contribution in [3.8, 4) is 0 Å². The van der Waals surface area contributed by atoms with Crippen LogP contribution in [0.3, 0.4) is 0 Å². The van der Waals surface area contributed by atoms with Crippen molar-refractivity contribution in [1.82, 2.24) is 4.90 Å². The van der Waals surface area contributed by atoms with Crippen molar-refractivity contribution in [1.29, 1.82) is 0 Å². The highest BCUT2D eigenvalue weighted by Crippen LogP contribution is 2.36. The molecule has 4 unspecified atom stereocenters. The molecule has 0 amide bonds. The lowest BCUT2D eigenvalue weighted by Gasteiger charge is -2.45. The van der Waals surface area contributed by atoms with E-state index in [4.69, 9.17) is 4.74 Å². The van der Waals surface area contributed by atoms with Gasteiger partial charge in [-0.15, -0.1) is 0 Å². The molecule has 0 aromatic rings. The molecule has 4 nitrogen and oxygen atoms in total. The van der Waals surface area contributed by atoms with Crippen LogP contribution in [0.1, 0.15) is 46.0 Å². The van der Waals surface area contributed by atoms with Gasteiger partial charge in [0.2, 0.25) is 0 Å². The number of morpholine rings is 1. The first-order valence-corrected chi connectivity index (χ1v) is 7.69. The third-order valence-corrected chi connectivity index (χ3v) is 4.78. The zero-order valence-corrected chi connectivity index (χ0v) is 12.2. The largest absolute Gasteiger partial charge is 0.481 e. The maximum absolute atomic E-state index is 11.5. The average Bonchev–Trinajstić information content (AvgIpc) is 2.39. The molecule has 1 saturated carbocycles. The van der Waals surface area contributed by atoms with Crippen molar-refractivity contribution in [2.45, 2.75) is 58.0 Å². The van der Waals surface area contributed by atoms with Gasteiger partial charge in [-0.1, -0.05) is 19.8 Å². The first-order chi connectivity index (χ1) is 9.13. The van der Waals surface area contributed by atoms with Gasteiger partial charge in [0, 0.05) is 18.6 Å². The second kappa shape index (κ2) is 6.71. The Morgan fingerprint density at radius 1 is 1.42 bits per heavy atom. The van der Waals surface area contributed by atoms with Gasteiger partial charge in [-0.05, 0) is 32.1 Å². The highest BCUT2D eigenvalue weighted by Gasteiger charge is 2.40. The van der Waals surface area contributed by atoms with E-state index in [1.807, 2.05) is 0 Å². The molecular formula is C15H27NO3. The molecule has 19 heavy (non-hydrogen) atoms. The second-order valence-corrected chi connectivity index (χ2v) is 6.14. The van der Waals surface area contributed by atoms with Gasteiger partial charge in [-0.25, -0.2) is 0 Å². The molecule has 4 atom stereocenters. The third kappa shape index (κ3) is 3.48. The number of nitrogens with zero attached hydrogens (tertiary/aromatic N) is 1. The lowest BCUT2D eigenvalue weighted by molar-refractivity contribution is -0.148. The molecule has 0 bridgehead atoms. The predicted octanol–water partition coefficient (Wildman–Crippen LogP) is 2.38. The number of ether oxygens (including phenoxy) is 1. The second-order valence-electron chi connectivity index (χ2n) is 6.14. The zero-order chi connectivity index (χ0) is 13.8. The highest BCUT2D eigenvalue weighted by molar-refractivity contribution is 5.71. The van der Waals surface area contributed by atoms with E-state index in [1.165, 1.54) is 12.8 Å². The Morgan fingerprint density at radius 2 is 2.21 bits per heavy atom. The molecule has 0 spiro atoms. The summed E-state index contributed by atoms with van der Waals surface area (Å²) in [6.45, 7) is 6.73. The minimum Gasteiger partial charge on any atom is -0.481 e. The van der Waals surface area contributed by atoms with Crippen LogP contribution in [-0.2, 0) is 9.53 Å². The van der Waals surface area contributed by atoms with Gasteiger partial charge in [0.1, 0.15) is 0 Å². The van der Waals surface area contributed by atoms with Crippen LogP contribution in [0.4, 0.5) is 0 Å². The summed E-state index contributed by atoms with van der Waals surface area (Å²) in [7, 11) is 0. The maximum atomic E-state index is 11.5. The van der Waals surface area contributed by atoms with E-state index in [9.17, 15) is 9.90 Å². The highest BCUT2D eigenvalue weighted by atomic mass is 16.5. The van der Waals surface area contributed by atoms with Crippen molar-refractivity contribution >= 4 is 5.97 Å². The van der Waals surface area contributed by atoms with E-state index < -0.39 is 5.97 Å². The van der Waals surface area contributed by atoms with Crippen LogP contribution in [0.2, 0.25) is 0 Å². The molecule has 1 saturated heterocycles. The molecule has 4 heteroatoms. The van der Waals surface area contributed by atoms with Crippen LogP contribution in [0.25, 0.3) is 0 Å². The smallest absolute Gasteiger partial charge is 0.308 e. The Morgan fingerprint density at radius 3 is 2.84 bits per heavy atom. The zero-order valence-electron chi connectivity index (χ0n) is 12.2. The van der Waals surface area contributed by atoms with E-state index >= 15 is 0 Å². The molecule has 1 aliphatic heterocycles. The number of carboxylic acid groups (broad SMARTS) is 1. The first-order valence-electron chi connectivity index (χ1n) is 7.69. The number of aliphatic carboxylic acids is 1. The summed E-state index contributed by atoms with van der Waals surface area (Å²) in [6.07, 6.45) is 5.42. The number of rotatable bonds is 4. The molecule has 2 aliphatic rings. The topological polar surface area (TPSA) is 49.8 Å². The average molecular weight is 269 g/mol. The molecular weight excluding hydrogens is 242 g/mol. The number of hydrogen-bond acceptors (Lipinski definition) is 3. The van der Waals surface area contributed by atoms with E-state index in [-0.39, 0.29) is 12.0 Å². The molecule has 0 aromatic heterocycles. The van der Waals surface area contributed by atoms with E-state index in [1.54, 1.807) is 0 Å². The van der Waals surface area contributed by atoms with Gasteiger partial charge < -0.3 is 9.84 Å². The van der Waals surface area contributed by atoms with Crippen molar-refractivity contribution < 1.29 is 14.6 Å². The van der Waals surface area contributed by atoms with E-state index in [0.29, 0.717) is 12.0 Å². The van der Waals surface area contributed by atoms with Crippen LogP contribution >= 0.6 is 0 Å². The maximum Gasteiger partial charge on any atom is 0.308 e. The van der Waals surface area contributed by atoms with Crippen LogP contribution in [0.5, 0.6) is 0 Å². The molecule has 110 valence electrons. The summed E-state index contributed by atoms with van der Waals surface area (Å²) in [5.41, 5.74) is 0. The monoisotopic (exact) mass is 269 g/mol. The Balaban J connectivity index is 2.07. The van der Waals surface area contributed by atoms with Gasteiger partial charge in [0.15, 0.2) is 0 Å². The first kappa shape index (κ1) is 14.8. The summed E-state index contributed by atoms with van der Waals surface area (Å²) < 4.78 is 5.48. The van der Waals surface area contributed by atoms with E-state index in [2.05, 4.69) is 18.7 Å². The van der Waals surface area contributed by atoms with Crippen LogP contribution in [0.15, 0.2) is 0 Å². The van der Waals surface area contributed by atoms with Crippen molar-refractivity contribution in [3.05, 3.63) is 0 Å². The SMILES string of the molecule is CCCC1CCC(C(=O)O)C(N2CCOCC2C)C1. The summed E-state index contributed by atoms with van der Waals surface area (Å²) in [6, 6.07) is 0.558. The number of hydrogen-bond donors (Lipinski definition) is 1. The lowest BCUT2D eigenvalue weighted by Crippen LogP contribution is -2.55. The number of carbonyl (C=O) groups is 1. The normalized spacial score (nSPS) is 37.2. The van der Waals surface area contributed by atoms with Crippen molar-refractivity contribution in [3.63, 3.8) is 0 Å². The Bertz CT molecular complexity index is 308. The molecule has 1 N–H and O–H groups in total. The van der Waals surface area contributed by atoms with Gasteiger partial charge in [0.05, 0.1) is 19.1 Å². The molecule has 1 aliphatic carbocycles. The van der Waals surface area contributed by atoms with Gasteiger partial charge in [0.25, 0.3) is 0 Å². The van der Waals surface area contributed by atoms with Crippen LogP contribution in [0, 0.1) is 11.8 Å². The molecule has 1 heterocycles. The van der Waals surface area contributed by atoms with Crippen LogP contribution < -0.4 is 0 Å².